The van der Waals surface area contributed by atoms with Gasteiger partial charge in [0.15, 0.2) is 5.58 Å². The van der Waals surface area contributed by atoms with E-state index in [0.29, 0.717) is 22.8 Å². The van der Waals surface area contributed by atoms with Gasteiger partial charge in [0.25, 0.3) is 5.91 Å². The number of hydrogen-bond acceptors (Lipinski definition) is 6. The molecule has 0 aliphatic heterocycles. The number of nitrogens with one attached hydrogen (secondary N) is 2. The Morgan fingerprint density at radius 2 is 1.37 bits per heavy atom. The zero-order valence-corrected chi connectivity index (χ0v) is 25.8. The molecule has 0 fully saturated rings. The van der Waals surface area contributed by atoms with Gasteiger partial charge in [-0.2, -0.15) is 0 Å². The number of halogens is 4. The van der Waals surface area contributed by atoms with Crippen molar-refractivity contribution in [2.24, 2.45) is 0 Å². The second-order valence-corrected chi connectivity index (χ2v) is 12.0. The predicted octanol–water partition coefficient (Wildman–Crippen LogP) is 9.18. The van der Waals surface area contributed by atoms with Gasteiger partial charge in [-0.1, -0.05) is 58.5 Å². The smallest absolute Gasteiger partial charge is 0.338 e. The van der Waals surface area contributed by atoms with E-state index in [4.69, 9.17) is 50.8 Å². The molecule has 0 spiro atoms. The van der Waals surface area contributed by atoms with E-state index in [2.05, 4.69) is 15.6 Å². The maximum atomic E-state index is 13.0. The van der Waals surface area contributed by atoms with Crippen LogP contribution in [0.1, 0.15) is 27.6 Å². The normalized spacial score (nSPS) is 11.7. The number of carboxylic acids is 1. The van der Waals surface area contributed by atoms with E-state index in [1.54, 1.807) is 43.3 Å². The second-order valence-electron chi connectivity index (χ2n) is 9.10. The molecule has 218 valence electrons. The lowest BCUT2D eigenvalue weighted by molar-refractivity contribution is -0.115. The van der Waals surface area contributed by atoms with Crippen molar-refractivity contribution in [3.63, 3.8) is 0 Å². The molecule has 0 bridgehead atoms. The summed E-state index contributed by atoms with van der Waals surface area (Å²) in [5.74, 6) is -2.04. The average Bonchev–Trinajstić information content (AvgIpc) is 3.43. The van der Waals surface area contributed by atoms with Crippen LogP contribution in [0.5, 0.6) is 0 Å². The van der Waals surface area contributed by atoms with E-state index in [-0.39, 0.29) is 21.0 Å². The van der Waals surface area contributed by atoms with Gasteiger partial charge in [0, 0.05) is 21.8 Å². The zero-order valence-electron chi connectivity index (χ0n) is 22.0. The molecule has 0 saturated heterocycles. The van der Waals surface area contributed by atoms with Gasteiger partial charge in [-0.3, -0.25) is 9.59 Å². The van der Waals surface area contributed by atoms with Gasteiger partial charge in [-0.25, -0.2) is 9.78 Å². The summed E-state index contributed by atoms with van der Waals surface area (Å²) in [6, 6.07) is 21.3. The van der Waals surface area contributed by atoms with Crippen LogP contribution in [0, 0.1) is 0 Å². The number of oxazole rings is 1. The molecule has 8 nitrogen and oxygen atoms in total. The highest BCUT2D eigenvalue weighted by Gasteiger charge is 2.29. The highest BCUT2D eigenvalue weighted by atomic mass is 35.5. The summed E-state index contributed by atoms with van der Waals surface area (Å²) in [5.41, 5.74) is 2.24. The molecular weight excluding hydrogens is 656 g/mol. The third-order valence-electron chi connectivity index (χ3n) is 6.20. The van der Waals surface area contributed by atoms with Crippen LogP contribution in [0.4, 0.5) is 11.4 Å². The first-order chi connectivity index (χ1) is 20.5. The number of aromatic nitrogens is 1. The van der Waals surface area contributed by atoms with E-state index in [1.807, 2.05) is 36.4 Å². The number of carbonyl (C=O) groups excluding carboxylic acids is 2. The summed E-state index contributed by atoms with van der Waals surface area (Å²) in [5, 5.41) is 13.4. The second kappa shape index (κ2) is 12.9. The van der Waals surface area contributed by atoms with Gasteiger partial charge < -0.3 is 20.2 Å². The lowest BCUT2D eigenvalue weighted by Gasteiger charge is -2.15. The largest absolute Gasteiger partial charge is 0.478 e. The Bertz CT molecular complexity index is 1850. The van der Waals surface area contributed by atoms with Crippen molar-refractivity contribution in [3.8, 4) is 11.5 Å². The molecule has 5 rings (SSSR count). The topological polar surface area (TPSA) is 122 Å². The molecule has 1 unspecified atom stereocenters. The molecule has 0 radical (unpaired) electrons. The highest BCUT2D eigenvalue weighted by molar-refractivity contribution is 8.00. The van der Waals surface area contributed by atoms with Gasteiger partial charge in [0.1, 0.15) is 5.52 Å². The van der Waals surface area contributed by atoms with Crippen LogP contribution in [-0.2, 0) is 4.79 Å². The fourth-order valence-electron chi connectivity index (χ4n) is 4.05. The Morgan fingerprint density at radius 3 is 2.00 bits per heavy atom. The average molecular weight is 675 g/mol. The van der Waals surface area contributed by atoms with Gasteiger partial charge in [0.2, 0.25) is 11.8 Å². The number of carbonyl (C=O) groups is 3. The fourth-order valence-corrected chi connectivity index (χ4v) is 5.94. The number of anilines is 2. The van der Waals surface area contributed by atoms with E-state index >= 15 is 0 Å². The lowest BCUT2D eigenvalue weighted by atomic mass is 10.1. The van der Waals surface area contributed by atoms with Crippen LogP contribution in [0.15, 0.2) is 82.1 Å². The van der Waals surface area contributed by atoms with Crippen molar-refractivity contribution < 1.29 is 23.9 Å². The van der Waals surface area contributed by atoms with Gasteiger partial charge >= 0.3 is 5.97 Å². The number of rotatable bonds is 8. The SMILES string of the molecule is CC(Sc1ccc(NC(=O)c2c(Cl)c(Cl)c(Cl)c(Cl)c2C(=O)O)cc1)C(=O)Nc1ccc(-c2nc3ccccc3o2)cc1. The molecule has 1 atom stereocenters. The van der Waals surface area contributed by atoms with Crippen molar-refractivity contribution in [2.45, 2.75) is 17.1 Å². The summed E-state index contributed by atoms with van der Waals surface area (Å²) < 4.78 is 5.80. The number of amides is 2. The van der Waals surface area contributed by atoms with Crippen LogP contribution in [0.2, 0.25) is 20.1 Å². The minimum absolute atomic E-state index is 0.204. The molecular formula is C30H19Cl4N3O5S. The number of para-hydroxylation sites is 2. The monoisotopic (exact) mass is 673 g/mol. The van der Waals surface area contributed by atoms with Crippen molar-refractivity contribution >= 4 is 98.4 Å². The summed E-state index contributed by atoms with van der Waals surface area (Å²) >= 11 is 25.5. The van der Waals surface area contributed by atoms with Crippen molar-refractivity contribution in [2.75, 3.05) is 10.6 Å². The third-order valence-corrected chi connectivity index (χ3v) is 9.11. The molecule has 4 aromatic carbocycles. The van der Waals surface area contributed by atoms with E-state index in [9.17, 15) is 19.5 Å². The number of nitrogens with zero attached hydrogens (tertiary/aromatic N) is 1. The highest BCUT2D eigenvalue weighted by Crippen LogP contribution is 2.42. The van der Waals surface area contributed by atoms with E-state index in [0.717, 1.165) is 16.0 Å². The Hall–Kier alpha value is -3.73. The van der Waals surface area contributed by atoms with E-state index in [1.165, 1.54) is 11.8 Å². The first-order valence-electron chi connectivity index (χ1n) is 12.5. The number of thioether (sulfide) groups is 1. The summed E-state index contributed by atoms with van der Waals surface area (Å²) in [7, 11) is 0. The maximum absolute atomic E-state index is 13.0. The summed E-state index contributed by atoms with van der Waals surface area (Å²) in [6.45, 7) is 1.77. The first-order valence-corrected chi connectivity index (χ1v) is 14.9. The third kappa shape index (κ3) is 6.61. The number of aromatic carboxylic acids is 1. The number of carboxylic acid groups (broad SMARTS) is 1. The van der Waals surface area contributed by atoms with Crippen molar-refractivity contribution in [3.05, 3.63) is 104 Å². The minimum atomic E-state index is -1.49. The lowest BCUT2D eigenvalue weighted by Crippen LogP contribution is -2.22. The molecule has 3 N–H and O–H groups in total. The molecule has 0 aliphatic carbocycles. The molecule has 13 heteroatoms. The molecule has 0 saturated carbocycles. The molecule has 0 aliphatic rings. The number of fused-ring (bicyclic) bond motifs is 1. The van der Waals surface area contributed by atoms with Crippen LogP contribution < -0.4 is 10.6 Å². The minimum Gasteiger partial charge on any atom is -0.478 e. The number of hydrogen-bond donors (Lipinski definition) is 3. The Morgan fingerprint density at radius 1 is 0.791 bits per heavy atom. The Kier molecular flexibility index (Phi) is 9.19. The van der Waals surface area contributed by atoms with Crippen LogP contribution in [0.3, 0.4) is 0 Å². The van der Waals surface area contributed by atoms with Crippen LogP contribution >= 0.6 is 58.2 Å². The molecule has 1 heterocycles. The fraction of sp³-hybridized carbons (Fsp3) is 0.0667. The van der Waals surface area contributed by atoms with Crippen molar-refractivity contribution in [1.82, 2.24) is 4.98 Å². The standard InChI is InChI=1S/C30H19Cl4N3O5S/c1-14(27(38)35-16-8-6-15(7-9-16)29-37-19-4-2-3-5-20(19)42-29)43-18-12-10-17(11-13-18)36-28(39)21-22(30(40)41)24(32)26(34)25(33)23(21)31/h2-14H,1H3,(H,35,38)(H,36,39)(H,40,41). The molecule has 5 aromatic rings. The maximum Gasteiger partial charge on any atom is 0.338 e. The molecule has 43 heavy (non-hydrogen) atoms. The number of benzene rings is 4. The molecule has 1 aromatic heterocycles. The van der Waals surface area contributed by atoms with Gasteiger partial charge in [-0.05, 0) is 67.6 Å². The Balaban J connectivity index is 1.21. The summed E-state index contributed by atoms with van der Waals surface area (Å²) in [6.07, 6.45) is 0. The van der Waals surface area contributed by atoms with Gasteiger partial charge in [0.05, 0.1) is 36.5 Å². The van der Waals surface area contributed by atoms with Gasteiger partial charge in [-0.15, -0.1) is 11.8 Å². The van der Waals surface area contributed by atoms with E-state index < -0.39 is 33.3 Å². The quantitative estimate of drug-likeness (QED) is 0.0852. The summed E-state index contributed by atoms with van der Waals surface area (Å²) in [4.78, 5) is 42.8. The van der Waals surface area contributed by atoms with Crippen LogP contribution in [0.25, 0.3) is 22.6 Å². The Labute approximate surface area is 269 Å². The molecule has 2 amide bonds. The van der Waals surface area contributed by atoms with Crippen LogP contribution in [-0.4, -0.2) is 33.1 Å². The van der Waals surface area contributed by atoms with Crippen molar-refractivity contribution in [1.29, 1.82) is 0 Å². The first kappa shape index (κ1) is 30.7. The zero-order chi connectivity index (χ0) is 30.8. The predicted molar refractivity (Wildman–Crippen MR) is 171 cm³/mol.